The molecule has 0 saturated carbocycles. The monoisotopic (exact) mass is 363 g/mol. The zero-order valence-electron chi connectivity index (χ0n) is 10.1. The van der Waals surface area contributed by atoms with Gasteiger partial charge in [0, 0.05) is 9.50 Å². The minimum Gasteiger partial charge on any atom is -0.310 e. The van der Waals surface area contributed by atoms with Crippen LogP contribution in [0.5, 0.6) is 0 Å². The number of halogens is 5. The van der Waals surface area contributed by atoms with Gasteiger partial charge >= 0.3 is 6.18 Å². The number of hydrogen-bond acceptors (Lipinski definition) is 1. The molecule has 0 amide bonds. The van der Waals surface area contributed by atoms with E-state index in [9.17, 15) is 13.2 Å². The predicted molar refractivity (Wildman–Crippen MR) is 76.6 cm³/mol. The maximum absolute atomic E-state index is 13.5. The van der Waals surface area contributed by atoms with E-state index in [0.29, 0.717) is 9.50 Å². The van der Waals surface area contributed by atoms with Gasteiger partial charge in [0.25, 0.3) is 0 Å². The Bertz CT molecular complexity index is 548. The van der Waals surface area contributed by atoms with E-state index in [0.717, 1.165) is 0 Å². The molecule has 1 nitrogen and oxygen atoms in total. The maximum Gasteiger partial charge on any atom is 0.414 e. The molecule has 0 aliphatic heterocycles. The maximum atomic E-state index is 13.5. The molecule has 0 bridgehead atoms. The molecule has 1 unspecified atom stereocenters. The van der Waals surface area contributed by atoms with Crippen LogP contribution in [0.15, 0.2) is 53.0 Å². The number of alkyl halides is 3. The standard InChI is InChI=1S/C14H10BrClF3N/c15-11-5-1-9(2-6-11)13(20,14(17,18)19)10-3-7-12(16)8-4-10/h1-8H,20H2. The Morgan fingerprint density at radius 1 is 0.850 bits per heavy atom. The van der Waals surface area contributed by atoms with Crippen LogP contribution >= 0.6 is 27.5 Å². The average molecular weight is 365 g/mol. The Hall–Kier alpha value is -1.04. The van der Waals surface area contributed by atoms with Crippen molar-refractivity contribution in [2.75, 3.05) is 0 Å². The van der Waals surface area contributed by atoms with Crippen molar-refractivity contribution < 1.29 is 13.2 Å². The van der Waals surface area contributed by atoms with Crippen molar-refractivity contribution in [3.63, 3.8) is 0 Å². The van der Waals surface area contributed by atoms with Crippen LogP contribution in [0, 0.1) is 0 Å². The van der Waals surface area contributed by atoms with Crippen LogP contribution in [0.3, 0.4) is 0 Å². The van der Waals surface area contributed by atoms with Gasteiger partial charge in [0.15, 0.2) is 5.54 Å². The van der Waals surface area contributed by atoms with Crippen LogP contribution in [0.1, 0.15) is 11.1 Å². The Balaban J connectivity index is 2.62. The molecule has 106 valence electrons. The van der Waals surface area contributed by atoms with Gasteiger partial charge in [0.1, 0.15) is 0 Å². The van der Waals surface area contributed by atoms with Gasteiger partial charge in [0.05, 0.1) is 0 Å². The Morgan fingerprint density at radius 3 is 1.65 bits per heavy atom. The lowest BCUT2D eigenvalue weighted by molar-refractivity contribution is -0.176. The van der Waals surface area contributed by atoms with E-state index in [1.165, 1.54) is 48.5 Å². The van der Waals surface area contributed by atoms with Gasteiger partial charge in [0.2, 0.25) is 0 Å². The zero-order valence-corrected chi connectivity index (χ0v) is 12.4. The van der Waals surface area contributed by atoms with E-state index in [1.807, 2.05) is 0 Å². The highest BCUT2D eigenvalue weighted by atomic mass is 79.9. The zero-order chi connectivity index (χ0) is 15.0. The lowest BCUT2D eigenvalue weighted by Crippen LogP contribution is -2.51. The summed E-state index contributed by atoms with van der Waals surface area (Å²) in [6.07, 6.45) is -4.63. The second-order valence-corrected chi connectivity index (χ2v) is 5.67. The molecule has 20 heavy (non-hydrogen) atoms. The second-order valence-electron chi connectivity index (χ2n) is 4.32. The summed E-state index contributed by atoms with van der Waals surface area (Å²) in [6.45, 7) is 0. The minimum absolute atomic E-state index is 0.0319. The van der Waals surface area contributed by atoms with E-state index in [1.54, 1.807) is 0 Å². The second kappa shape index (κ2) is 5.39. The largest absolute Gasteiger partial charge is 0.414 e. The fourth-order valence-electron chi connectivity index (χ4n) is 1.92. The van der Waals surface area contributed by atoms with Crippen LogP contribution in [0.2, 0.25) is 5.02 Å². The molecule has 0 fully saturated rings. The number of hydrogen-bond donors (Lipinski definition) is 1. The van der Waals surface area contributed by atoms with Crippen molar-refractivity contribution >= 4 is 27.5 Å². The van der Waals surface area contributed by atoms with Crippen molar-refractivity contribution in [3.05, 3.63) is 69.2 Å². The van der Waals surface area contributed by atoms with Crippen LogP contribution in [-0.4, -0.2) is 6.18 Å². The summed E-state index contributed by atoms with van der Waals surface area (Å²) in [5.41, 5.74) is 3.07. The van der Waals surface area contributed by atoms with Gasteiger partial charge in [-0.15, -0.1) is 0 Å². The highest BCUT2D eigenvalue weighted by molar-refractivity contribution is 9.10. The van der Waals surface area contributed by atoms with Gasteiger partial charge in [-0.2, -0.15) is 13.2 Å². The lowest BCUT2D eigenvalue weighted by atomic mass is 9.83. The summed E-state index contributed by atoms with van der Waals surface area (Å²) in [7, 11) is 0. The van der Waals surface area contributed by atoms with Crippen LogP contribution in [-0.2, 0) is 5.54 Å². The number of nitrogens with two attached hydrogens (primary N) is 1. The van der Waals surface area contributed by atoms with Crippen LogP contribution < -0.4 is 5.73 Å². The van der Waals surface area contributed by atoms with Gasteiger partial charge in [-0.1, -0.05) is 51.8 Å². The fourth-order valence-corrected chi connectivity index (χ4v) is 2.31. The van der Waals surface area contributed by atoms with E-state index >= 15 is 0 Å². The predicted octanol–water partition coefficient (Wildman–Crippen LogP) is 4.87. The van der Waals surface area contributed by atoms with Crippen molar-refractivity contribution in [2.24, 2.45) is 5.73 Å². The fraction of sp³-hybridized carbons (Fsp3) is 0.143. The summed E-state index contributed by atoms with van der Waals surface area (Å²) in [5.74, 6) is 0. The molecule has 0 heterocycles. The molecule has 0 aliphatic carbocycles. The van der Waals surface area contributed by atoms with Crippen LogP contribution in [0.4, 0.5) is 13.2 Å². The van der Waals surface area contributed by atoms with Crippen LogP contribution in [0.25, 0.3) is 0 Å². The summed E-state index contributed by atoms with van der Waals surface area (Å²) >= 11 is 8.90. The Kier molecular flexibility index (Phi) is 4.14. The number of rotatable bonds is 2. The quantitative estimate of drug-likeness (QED) is 0.808. The van der Waals surface area contributed by atoms with Gasteiger partial charge < -0.3 is 5.73 Å². The minimum atomic E-state index is -4.63. The molecule has 2 rings (SSSR count). The summed E-state index contributed by atoms with van der Waals surface area (Å²) in [4.78, 5) is 0. The van der Waals surface area contributed by atoms with E-state index in [4.69, 9.17) is 17.3 Å². The van der Waals surface area contributed by atoms with Gasteiger partial charge in [-0.3, -0.25) is 0 Å². The highest BCUT2D eigenvalue weighted by Crippen LogP contribution is 2.42. The Morgan fingerprint density at radius 2 is 1.25 bits per heavy atom. The molecule has 0 saturated heterocycles. The van der Waals surface area contributed by atoms with Crippen molar-refractivity contribution in [3.8, 4) is 0 Å². The molecule has 2 N–H and O–H groups in total. The molecule has 0 aromatic heterocycles. The topological polar surface area (TPSA) is 26.0 Å². The molecular formula is C14H10BrClF3N. The molecule has 6 heteroatoms. The lowest BCUT2D eigenvalue weighted by Gasteiger charge is -2.33. The molecule has 1 atom stereocenters. The normalized spacial score (nSPS) is 14.9. The van der Waals surface area contributed by atoms with E-state index in [2.05, 4.69) is 15.9 Å². The summed E-state index contributed by atoms with van der Waals surface area (Å²) in [5, 5.41) is 0.356. The molecule has 0 spiro atoms. The van der Waals surface area contributed by atoms with Gasteiger partial charge in [-0.05, 0) is 35.4 Å². The van der Waals surface area contributed by atoms with Crippen molar-refractivity contribution in [1.29, 1.82) is 0 Å². The third-order valence-corrected chi connectivity index (χ3v) is 3.83. The third-order valence-electron chi connectivity index (χ3n) is 3.05. The first-order valence-corrected chi connectivity index (χ1v) is 6.80. The SMILES string of the molecule is NC(c1ccc(Cl)cc1)(c1ccc(Br)cc1)C(F)(F)F. The Labute approximate surface area is 127 Å². The molecule has 0 radical (unpaired) electrons. The highest BCUT2D eigenvalue weighted by Gasteiger charge is 2.54. The van der Waals surface area contributed by atoms with E-state index < -0.39 is 11.7 Å². The first-order valence-electron chi connectivity index (χ1n) is 5.63. The van der Waals surface area contributed by atoms with Crippen molar-refractivity contribution in [2.45, 2.75) is 11.7 Å². The van der Waals surface area contributed by atoms with E-state index in [-0.39, 0.29) is 11.1 Å². The average Bonchev–Trinajstić information content (AvgIpc) is 2.38. The molecule has 0 aliphatic rings. The van der Waals surface area contributed by atoms with Gasteiger partial charge in [-0.25, -0.2) is 0 Å². The van der Waals surface area contributed by atoms with Crippen molar-refractivity contribution in [1.82, 2.24) is 0 Å². The first kappa shape index (κ1) is 15.4. The molecule has 2 aromatic carbocycles. The summed E-state index contributed by atoms with van der Waals surface area (Å²) in [6, 6.07) is 11.1. The molecular weight excluding hydrogens is 355 g/mol. The smallest absolute Gasteiger partial charge is 0.310 e. The molecule has 2 aromatic rings. The third kappa shape index (κ3) is 2.71. The number of benzene rings is 2. The summed E-state index contributed by atoms with van der Waals surface area (Å²) < 4.78 is 41.2. The first-order chi connectivity index (χ1) is 9.25.